The first kappa shape index (κ1) is 36.9. The summed E-state index contributed by atoms with van der Waals surface area (Å²) in [4.78, 5) is 39.8. The molecule has 0 aliphatic rings. The molecular formula is C56H34N8. The van der Waals surface area contributed by atoms with Crippen LogP contribution in [0.1, 0.15) is 0 Å². The van der Waals surface area contributed by atoms with E-state index in [0.29, 0.717) is 34.9 Å². The van der Waals surface area contributed by atoms with Crippen molar-refractivity contribution in [2.45, 2.75) is 0 Å². The van der Waals surface area contributed by atoms with E-state index in [1.165, 1.54) is 0 Å². The van der Waals surface area contributed by atoms with Crippen LogP contribution >= 0.6 is 0 Å². The summed E-state index contributed by atoms with van der Waals surface area (Å²) in [5.41, 5.74) is 9.49. The molecule has 0 unspecified atom stereocenters. The third-order valence-electron chi connectivity index (χ3n) is 11.7. The number of hydrogen-bond donors (Lipinski definition) is 0. The largest absolute Gasteiger partial charge is 0.264 e. The molecule has 0 saturated heterocycles. The summed E-state index contributed by atoms with van der Waals surface area (Å²) in [6, 6.07) is 62.4. The molecule has 0 saturated carbocycles. The summed E-state index contributed by atoms with van der Waals surface area (Å²) in [6.45, 7) is 0. The highest BCUT2D eigenvalue weighted by Gasteiger charge is 2.24. The van der Waals surface area contributed by atoms with Gasteiger partial charge in [0.05, 0.1) is 0 Å². The molecule has 8 aromatic carbocycles. The fourth-order valence-corrected chi connectivity index (χ4v) is 8.75. The van der Waals surface area contributed by atoms with Crippen LogP contribution in [0, 0.1) is 0 Å². The van der Waals surface area contributed by atoms with Crippen LogP contribution in [0.2, 0.25) is 0 Å². The van der Waals surface area contributed by atoms with Crippen LogP contribution in [0.25, 0.3) is 123 Å². The normalized spacial score (nSPS) is 11.4. The lowest BCUT2D eigenvalue weighted by Crippen LogP contribution is -2.02. The molecule has 4 heterocycles. The molecule has 0 bridgehead atoms. The van der Waals surface area contributed by atoms with Crippen LogP contribution in [0.4, 0.5) is 0 Å². The molecule has 298 valence electrons. The average molecular weight is 819 g/mol. The first-order valence-corrected chi connectivity index (χ1v) is 21.1. The molecule has 0 atom stereocenters. The zero-order chi connectivity index (χ0) is 42.4. The molecule has 0 fully saturated rings. The van der Waals surface area contributed by atoms with E-state index in [-0.39, 0.29) is 0 Å². The van der Waals surface area contributed by atoms with E-state index >= 15 is 0 Å². The fourth-order valence-electron chi connectivity index (χ4n) is 8.75. The molecule has 64 heavy (non-hydrogen) atoms. The zero-order valence-corrected chi connectivity index (χ0v) is 34.2. The third kappa shape index (κ3) is 6.49. The van der Waals surface area contributed by atoms with Gasteiger partial charge in [-0.2, -0.15) is 0 Å². The highest BCUT2D eigenvalue weighted by atomic mass is 15.0. The molecule has 12 rings (SSSR count). The Morgan fingerprint density at radius 3 is 0.875 bits per heavy atom. The number of benzene rings is 8. The van der Waals surface area contributed by atoms with Gasteiger partial charge < -0.3 is 0 Å². The number of pyridine rings is 2. The Bertz CT molecular complexity index is 3270. The van der Waals surface area contributed by atoms with Crippen LogP contribution < -0.4 is 0 Å². The van der Waals surface area contributed by atoms with Crippen LogP contribution in [-0.2, 0) is 0 Å². The highest BCUT2D eigenvalue weighted by Crippen LogP contribution is 2.48. The van der Waals surface area contributed by atoms with Crippen LogP contribution in [-0.4, -0.2) is 39.9 Å². The van der Waals surface area contributed by atoms with Gasteiger partial charge in [0.15, 0.2) is 34.9 Å². The van der Waals surface area contributed by atoms with Gasteiger partial charge in [-0.25, -0.2) is 29.9 Å². The molecule has 0 spiro atoms. The number of hydrogen-bond acceptors (Lipinski definition) is 8. The molecule has 0 aliphatic heterocycles. The van der Waals surface area contributed by atoms with Gasteiger partial charge in [-0.05, 0) is 91.0 Å². The van der Waals surface area contributed by atoms with Crippen molar-refractivity contribution in [2.75, 3.05) is 0 Å². The Labute approximate surface area is 368 Å². The van der Waals surface area contributed by atoms with Gasteiger partial charge in [0.1, 0.15) is 0 Å². The van der Waals surface area contributed by atoms with Crippen molar-refractivity contribution in [3.05, 3.63) is 207 Å². The smallest absolute Gasteiger partial charge is 0.165 e. The van der Waals surface area contributed by atoms with Crippen LogP contribution in [0.5, 0.6) is 0 Å². The SMILES string of the molecule is c1ccc(-c2nc(-c3cccnc3)nc(-c3cc(-c4ccccc4)c4ccc5c(-c6nc(-c7ccccc7)nc(-c7cccnc7)n6)cc(-c6ccccc6)c6ccc3c4c65)n2)cc1. The summed E-state index contributed by atoms with van der Waals surface area (Å²) >= 11 is 0. The standard InChI is InChI=1S/C56H34N8/c1-5-15-35(16-6-1)45-31-47(55-61-51(37-19-9-3-10-20-37)59-53(63-55)39-23-13-29-57-33-39)43-28-26-42-46(36-17-7-2-8-18-36)32-48(44-27-25-41(45)49(43)50(42)44)56-62-52(38-21-11-4-12-22-38)60-54(64-56)40-24-14-30-58-34-40/h1-34H. The molecule has 4 aromatic heterocycles. The Morgan fingerprint density at radius 1 is 0.234 bits per heavy atom. The van der Waals surface area contributed by atoms with Crippen LogP contribution in [0.15, 0.2) is 207 Å². The van der Waals surface area contributed by atoms with Crippen molar-refractivity contribution in [2.24, 2.45) is 0 Å². The molecule has 12 aromatic rings. The van der Waals surface area contributed by atoms with E-state index in [4.69, 9.17) is 29.9 Å². The molecule has 0 N–H and O–H groups in total. The zero-order valence-electron chi connectivity index (χ0n) is 34.2. The lowest BCUT2D eigenvalue weighted by atomic mass is 9.83. The number of rotatable bonds is 8. The van der Waals surface area contributed by atoms with Gasteiger partial charge in [-0.1, -0.05) is 146 Å². The third-order valence-corrected chi connectivity index (χ3v) is 11.7. The molecule has 8 heteroatoms. The van der Waals surface area contributed by atoms with E-state index in [1.54, 1.807) is 24.8 Å². The maximum Gasteiger partial charge on any atom is 0.165 e. The second-order valence-corrected chi connectivity index (χ2v) is 15.6. The van der Waals surface area contributed by atoms with E-state index in [1.807, 2.05) is 84.9 Å². The quantitative estimate of drug-likeness (QED) is 0.140. The predicted molar refractivity (Wildman–Crippen MR) is 256 cm³/mol. The maximum absolute atomic E-state index is 5.25. The average Bonchev–Trinajstić information content (AvgIpc) is 3.39. The Hall–Kier alpha value is -8.88. The second-order valence-electron chi connectivity index (χ2n) is 15.6. The first-order chi connectivity index (χ1) is 31.7. The van der Waals surface area contributed by atoms with Crippen molar-refractivity contribution in [3.63, 3.8) is 0 Å². The minimum absolute atomic E-state index is 0.547. The minimum Gasteiger partial charge on any atom is -0.264 e. The topological polar surface area (TPSA) is 103 Å². The number of aromatic nitrogens is 8. The van der Waals surface area contributed by atoms with E-state index in [2.05, 4.69) is 107 Å². The van der Waals surface area contributed by atoms with Gasteiger partial charge in [-0.3, -0.25) is 9.97 Å². The molecular weight excluding hydrogens is 785 g/mol. The van der Waals surface area contributed by atoms with Gasteiger partial charge >= 0.3 is 0 Å². The first-order valence-electron chi connectivity index (χ1n) is 21.1. The Morgan fingerprint density at radius 2 is 0.531 bits per heavy atom. The summed E-state index contributed by atoms with van der Waals surface area (Å²) in [5.74, 6) is 3.39. The molecule has 0 amide bonds. The maximum atomic E-state index is 5.25. The van der Waals surface area contributed by atoms with E-state index in [9.17, 15) is 0 Å². The monoisotopic (exact) mass is 818 g/mol. The second kappa shape index (κ2) is 15.5. The van der Waals surface area contributed by atoms with Crippen molar-refractivity contribution in [1.82, 2.24) is 39.9 Å². The van der Waals surface area contributed by atoms with Crippen molar-refractivity contribution >= 4 is 32.3 Å². The molecule has 8 nitrogen and oxygen atoms in total. The highest BCUT2D eigenvalue weighted by molar-refractivity contribution is 6.31. The van der Waals surface area contributed by atoms with Gasteiger partial charge in [0.25, 0.3) is 0 Å². The summed E-state index contributed by atoms with van der Waals surface area (Å²) < 4.78 is 0. The molecule has 0 radical (unpaired) electrons. The molecule has 0 aliphatic carbocycles. The summed E-state index contributed by atoms with van der Waals surface area (Å²) in [6.07, 6.45) is 7.11. The van der Waals surface area contributed by atoms with Gasteiger partial charge in [0, 0.05) is 58.2 Å². The van der Waals surface area contributed by atoms with Crippen molar-refractivity contribution < 1.29 is 0 Å². The van der Waals surface area contributed by atoms with E-state index < -0.39 is 0 Å². The summed E-state index contributed by atoms with van der Waals surface area (Å²) in [5, 5.41) is 6.45. The van der Waals surface area contributed by atoms with E-state index in [0.717, 1.165) is 88.0 Å². The Balaban J connectivity index is 1.21. The number of nitrogens with zero attached hydrogens (tertiary/aromatic N) is 8. The van der Waals surface area contributed by atoms with Crippen molar-refractivity contribution in [3.8, 4) is 90.6 Å². The lowest BCUT2D eigenvalue weighted by molar-refractivity contribution is 1.07. The van der Waals surface area contributed by atoms with Gasteiger partial charge in [-0.15, -0.1) is 0 Å². The minimum atomic E-state index is 0.547. The van der Waals surface area contributed by atoms with Crippen LogP contribution in [0.3, 0.4) is 0 Å². The lowest BCUT2D eigenvalue weighted by Gasteiger charge is -2.21. The van der Waals surface area contributed by atoms with Crippen molar-refractivity contribution in [1.29, 1.82) is 0 Å². The Kier molecular flexibility index (Phi) is 8.97. The summed E-state index contributed by atoms with van der Waals surface area (Å²) in [7, 11) is 0. The van der Waals surface area contributed by atoms with Gasteiger partial charge in [0.2, 0.25) is 0 Å². The predicted octanol–water partition coefficient (Wildman–Crippen LogP) is 13.1. The fraction of sp³-hybridized carbons (Fsp3) is 0.